The molecule has 1 aromatic rings. The largest absolute Gasteiger partial charge is 0.496 e. The van der Waals surface area contributed by atoms with Crippen molar-refractivity contribution in [1.29, 1.82) is 0 Å². The molecule has 0 fully saturated rings. The number of methoxy groups -OCH3 is 1. The number of carbonyl (C=O) groups excluding carboxylic acids is 1. The average Bonchev–Trinajstić information content (AvgIpc) is 2.37. The van der Waals surface area contributed by atoms with Crippen molar-refractivity contribution in [3.8, 4) is 5.75 Å². The van der Waals surface area contributed by atoms with Gasteiger partial charge in [-0.25, -0.2) is 4.79 Å². The molecule has 0 saturated heterocycles. The normalized spacial score (nSPS) is 11.1. The van der Waals surface area contributed by atoms with Crippen molar-refractivity contribution in [2.24, 2.45) is 0 Å². The molecule has 0 unspecified atom stereocenters. The van der Waals surface area contributed by atoms with Crippen LogP contribution in [0.3, 0.4) is 0 Å². The van der Waals surface area contributed by atoms with Crippen LogP contribution in [-0.2, 0) is 16.0 Å². The van der Waals surface area contributed by atoms with Gasteiger partial charge in [0.05, 0.1) is 13.5 Å². The number of hydrogen-bond donors (Lipinski definition) is 1. The Morgan fingerprint density at radius 3 is 2.50 bits per heavy atom. The van der Waals surface area contributed by atoms with Crippen LogP contribution in [0.4, 0.5) is 0 Å². The van der Waals surface area contributed by atoms with E-state index in [0.717, 1.165) is 4.47 Å². The fourth-order valence-electron chi connectivity index (χ4n) is 1.62. The first-order valence-electron chi connectivity index (χ1n) is 6.02. The molecule has 0 aliphatic carbocycles. The Morgan fingerprint density at radius 2 is 2.00 bits per heavy atom. The van der Waals surface area contributed by atoms with Crippen molar-refractivity contribution in [3.05, 3.63) is 28.2 Å². The number of amides is 1. The monoisotopic (exact) mass is 343 g/mol. The van der Waals surface area contributed by atoms with E-state index in [4.69, 9.17) is 9.84 Å². The number of halogens is 1. The van der Waals surface area contributed by atoms with Gasteiger partial charge >= 0.3 is 5.97 Å². The van der Waals surface area contributed by atoms with Gasteiger partial charge in [-0.3, -0.25) is 4.79 Å². The third-order valence-electron chi connectivity index (χ3n) is 3.32. The van der Waals surface area contributed by atoms with Crippen molar-refractivity contribution in [3.63, 3.8) is 0 Å². The highest BCUT2D eigenvalue weighted by molar-refractivity contribution is 9.10. The number of nitrogens with zero attached hydrogens (tertiary/aromatic N) is 1. The number of benzene rings is 1. The molecule has 1 rings (SSSR count). The highest BCUT2D eigenvalue weighted by Gasteiger charge is 2.35. The maximum atomic E-state index is 12.2. The Hall–Kier alpha value is -1.56. The SMILES string of the molecule is COc1ccc(Br)cc1CC(=O)N(C)C(C)(C)C(=O)O. The number of rotatable bonds is 5. The summed E-state index contributed by atoms with van der Waals surface area (Å²) in [6, 6.07) is 5.37. The van der Waals surface area contributed by atoms with E-state index >= 15 is 0 Å². The lowest BCUT2D eigenvalue weighted by Crippen LogP contribution is -2.51. The number of likely N-dealkylation sites (N-methyl/N-ethyl adjacent to an activating group) is 1. The van der Waals surface area contributed by atoms with E-state index in [9.17, 15) is 9.59 Å². The predicted octanol–water partition coefficient (Wildman–Crippen LogP) is 2.32. The molecule has 0 bridgehead atoms. The third kappa shape index (κ3) is 3.50. The van der Waals surface area contributed by atoms with Crippen molar-refractivity contribution in [1.82, 2.24) is 4.90 Å². The zero-order valence-electron chi connectivity index (χ0n) is 11.9. The van der Waals surface area contributed by atoms with E-state index in [1.54, 1.807) is 12.1 Å². The van der Waals surface area contributed by atoms with Crippen molar-refractivity contribution in [2.75, 3.05) is 14.2 Å². The molecular formula is C14H18BrNO4. The Morgan fingerprint density at radius 1 is 1.40 bits per heavy atom. The Kier molecular flexibility index (Phi) is 5.16. The summed E-state index contributed by atoms with van der Waals surface area (Å²) in [6.45, 7) is 2.98. The molecule has 0 spiro atoms. The molecule has 5 nitrogen and oxygen atoms in total. The second-order valence-corrected chi connectivity index (χ2v) is 5.87. The molecule has 0 aliphatic rings. The fourth-order valence-corrected chi connectivity index (χ4v) is 2.03. The fraction of sp³-hybridized carbons (Fsp3) is 0.429. The van der Waals surface area contributed by atoms with Crippen LogP contribution >= 0.6 is 15.9 Å². The first-order valence-corrected chi connectivity index (χ1v) is 6.82. The summed E-state index contributed by atoms with van der Waals surface area (Å²) in [5.41, 5.74) is -0.545. The van der Waals surface area contributed by atoms with Crippen LogP contribution in [-0.4, -0.2) is 41.6 Å². The molecule has 0 heterocycles. The summed E-state index contributed by atoms with van der Waals surface area (Å²) >= 11 is 3.34. The molecule has 0 radical (unpaired) electrons. The predicted molar refractivity (Wildman–Crippen MR) is 78.9 cm³/mol. The van der Waals surface area contributed by atoms with E-state index in [-0.39, 0.29) is 12.3 Å². The Balaban J connectivity index is 2.96. The van der Waals surface area contributed by atoms with Gasteiger partial charge in [-0.1, -0.05) is 15.9 Å². The molecule has 1 amide bonds. The Bertz CT molecular complexity index is 528. The minimum Gasteiger partial charge on any atom is -0.496 e. The molecule has 1 N–H and O–H groups in total. The van der Waals surface area contributed by atoms with Gasteiger partial charge in [-0.15, -0.1) is 0 Å². The van der Waals surface area contributed by atoms with E-state index in [1.165, 1.54) is 32.9 Å². The summed E-state index contributed by atoms with van der Waals surface area (Å²) < 4.78 is 6.04. The van der Waals surface area contributed by atoms with Crippen LogP contribution in [0.2, 0.25) is 0 Å². The summed E-state index contributed by atoms with van der Waals surface area (Å²) in [4.78, 5) is 24.6. The summed E-state index contributed by atoms with van der Waals surface area (Å²) in [6.07, 6.45) is 0.0792. The zero-order valence-corrected chi connectivity index (χ0v) is 13.5. The van der Waals surface area contributed by atoms with Gasteiger partial charge in [0.2, 0.25) is 5.91 Å². The zero-order chi connectivity index (χ0) is 15.5. The maximum Gasteiger partial charge on any atom is 0.329 e. The summed E-state index contributed by atoms with van der Waals surface area (Å²) in [5, 5.41) is 9.15. The highest BCUT2D eigenvalue weighted by atomic mass is 79.9. The molecule has 1 aromatic carbocycles. The van der Waals surface area contributed by atoms with Gasteiger partial charge in [-0.2, -0.15) is 0 Å². The number of ether oxygens (including phenoxy) is 1. The second-order valence-electron chi connectivity index (χ2n) is 4.95. The average molecular weight is 344 g/mol. The van der Waals surface area contributed by atoms with Crippen LogP contribution < -0.4 is 4.74 Å². The molecule has 0 aromatic heterocycles. The quantitative estimate of drug-likeness (QED) is 0.890. The van der Waals surface area contributed by atoms with Gasteiger partial charge in [0.15, 0.2) is 0 Å². The lowest BCUT2D eigenvalue weighted by Gasteiger charge is -2.31. The molecule has 0 atom stereocenters. The minimum atomic E-state index is -1.25. The maximum absolute atomic E-state index is 12.2. The number of carbonyl (C=O) groups is 2. The van der Waals surface area contributed by atoms with Crippen molar-refractivity contribution < 1.29 is 19.4 Å². The van der Waals surface area contributed by atoms with Gasteiger partial charge in [0.1, 0.15) is 11.3 Å². The van der Waals surface area contributed by atoms with E-state index in [2.05, 4.69) is 15.9 Å². The molecule has 6 heteroatoms. The van der Waals surface area contributed by atoms with Gasteiger partial charge in [0, 0.05) is 17.1 Å². The van der Waals surface area contributed by atoms with Crippen LogP contribution in [0.5, 0.6) is 5.75 Å². The molecule has 20 heavy (non-hydrogen) atoms. The van der Waals surface area contributed by atoms with Crippen LogP contribution in [0.25, 0.3) is 0 Å². The van der Waals surface area contributed by atoms with Crippen LogP contribution in [0, 0.1) is 0 Å². The van der Waals surface area contributed by atoms with E-state index < -0.39 is 11.5 Å². The number of carboxylic acid groups (broad SMARTS) is 1. The topological polar surface area (TPSA) is 66.8 Å². The smallest absolute Gasteiger partial charge is 0.329 e. The molecular weight excluding hydrogens is 326 g/mol. The first kappa shape index (κ1) is 16.5. The summed E-state index contributed by atoms with van der Waals surface area (Å²) in [5.74, 6) is -0.730. The van der Waals surface area contributed by atoms with Gasteiger partial charge in [-0.05, 0) is 32.0 Å². The number of carboxylic acids is 1. The van der Waals surface area contributed by atoms with Gasteiger partial charge < -0.3 is 14.7 Å². The molecule has 0 saturated carbocycles. The van der Waals surface area contributed by atoms with Crippen molar-refractivity contribution in [2.45, 2.75) is 25.8 Å². The van der Waals surface area contributed by atoms with Crippen LogP contribution in [0.1, 0.15) is 19.4 Å². The lowest BCUT2D eigenvalue weighted by molar-refractivity contribution is -0.155. The van der Waals surface area contributed by atoms with E-state index in [0.29, 0.717) is 11.3 Å². The lowest BCUT2D eigenvalue weighted by atomic mass is 10.0. The molecule has 0 aliphatic heterocycles. The number of aliphatic carboxylic acids is 1. The molecule has 110 valence electrons. The Labute approximate surface area is 126 Å². The first-order chi connectivity index (χ1) is 9.20. The third-order valence-corrected chi connectivity index (χ3v) is 3.81. The second kappa shape index (κ2) is 6.26. The van der Waals surface area contributed by atoms with Crippen LogP contribution in [0.15, 0.2) is 22.7 Å². The standard InChI is InChI=1S/C14H18BrNO4/c1-14(2,13(18)19)16(3)12(17)8-9-7-10(15)5-6-11(9)20-4/h5-7H,8H2,1-4H3,(H,18,19). The summed E-state index contributed by atoms with van der Waals surface area (Å²) in [7, 11) is 3.02. The highest BCUT2D eigenvalue weighted by Crippen LogP contribution is 2.24. The number of hydrogen-bond acceptors (Lipinski definition) is 3. The van der Waals surface area contributed by atoms with Gasteiger partial charge in [0.25, 0.3) is 0 Å². The van der Waals surface area contributed by atoms with Crippen molar-refractivity contribution >= 4 is 27.8 Å². The van der Waals surface area contributed by atoms with E-state index in [1.807, 2.05) is 6.07 Å². The minimum absolute atomic E-state index is 0.0792.